The van der Waals surface area contributed by atoms with Crippen molar-refractivity contribution in [3.8, 4) is 0 Å². The molecule has 6 heteroatoms. The topological polar surface area (TPSA) is 85.8 Å². The Balaban J connectivity index is 1.63. The highest BCUT2D eigenvalue weighted by Crippen LogP contribution is 2.37. The van der Waals surface area contributed by atoms with Crippen molar-refractivity contribution in [2.75, 3.05) is 13.1 Å². The monoisotopic (exact) mass is 497 g/mol. The molecule has 0 radical (unpaired) electrons. The van der Waals surface area contributed by atoms with Crippen LogP contribution >= 0.6 is 0 Å². The van der Waals surface area contributed by atoms with Gasteiger partial charge in [-0.15, -0.1) is 0 Å². The number of hydrazine groups is 1. The summed E-state index contributed by atoms with van der Waals surface area (Å²) in [5, 5.41) is 9.85. The maximum Gasteiger partial charge on any atom is 0.148 e. The number of likely N-dealkylation sites (tertiary alicyclic amines) is 1. The minimum Gasteiger partial charge on any atom is -0.312 e. The summed E-state index contributed by atoms with van der Waals surface area (Å²) < 4.78 is 0. The fourth-order valence-corrected chi connectivity index (χ4v) is 5.22. The molecule has 0 amide bonds. The minimum absolute atomic E-state index is 0.194. The number of nitrogens with two attached hydrogens (primary N) is 1. The summed E-state index contributed by atoms with van der Waals surface area (Å²) in [4.78, 5) is 18.7. The van der Waals surface area contributed by atoms with E-state index in [0.29, 0.717) is 0 Å². The third-order valence-corrected chi connectivity index (χ3v) is 7.51. The second-order valence-electron chi connectivity index (χ2n) is 10.7. The Labute approximate surface area is 221 Å². The molecule has 1 fully saturated rings. The third-order valence-electron chi connectivity index (χ3n) is 7.51. The van der Waals surface area contributed by atoms with E-state index in [0.717, 1.165) is 67.6 Å². The number of hydrogen-bond donors (Lipinski definition) is 2. The minimum atomic E-state index is -0.657. The average molecular weight is 498 g/mol. The maximum atomic E-state index is 11.1. The second kappa shape index (κ2) is 11.8. The maximum absolute atomic E-state index is 11.1. The lowest BCUT2D eigenvalue weighted by Crippen LogP contribution is -2.49. The smallest absolute Gasteiger partial charge is 0.148 e. The number of hydrogen-bond acceptors (Lipinski definition) is 6. The van der Waals surface area contributed by atoms with Crippen LogP contribution < -0.4 is 5.84 Å². The van der Waals surface area contributed by atoms with Crippen LogP contribution in [0.5, 0.6) is 0 Å². The Morgan fingerprint density at radius 2 is 2.00 bits per heavy atom. The second-order valence-corrected chi connectivity index (χ2v) is 10.7. The predicted molar refractivity (Wildman–Crippen MR) is 152 cm³/mol. The molecule has 1 aliphatic carbocycles. The first kappa shape index (κ1) is 26.7. The van der Waals surface area contributed by atoms with Crippen molar-refractivity contribution >= 4 is 18.2 Å². The van der Waals surface area contributed by atoms with Gasteiger partial charge in [-0.25, -0.2) is 5.84 Å². The van der Waals surface area contributed by atoms with Gasteiger partial charge in [0.15, 0.2) is 0 Å². The third kappa shape index (κ3) is 6.32. The Kier molecular flexibility index (Phi) is 8.52. The summed E-state index contributed by atoms with van der Waals surface area (Å²) in [6.07, 6.45) is 19.3. The number of nitrogens with one attached hydrogen (secondary N) is 1. The molecular weight excluding hydrogens is 458 g/mol. The molecule has 37 heavy (non-hydrogen) atoms. The number of nitrogens with zero attached hydrogens (tertiary/aromatic N) is 3. The van der Waals surface area contributed by atoms with Crippen LogP contribution in [-0.2, 0) is 11.3 Å². The summed E-state index contributed by atoms with van der Waals surface area (Å²) in [6, 6.07) is 8.66. The SMILES string of the molecule is C=C(C)/C=C\N(N)C1N=C(c2ccc(CN3CCC(C=O)CC3)cc2)C(C2C=CC=CC2)=CC1(C)C=N. The van der Waals surface area contributed by atoms with E-state index in [1.807, 2.05) is 19.9 Å². The first-order chi connectivity index (χ1) is 17.8. The number of piperidine rings is 1. The average Bonchev–Trinajstić information content (AvgIpc) is 2.93. The molecule has 3 atom stereocenters. The van der Waals surface area contributed by atoms with Gasteiger partial charge >= 0.3 is 0 Å². The summed E-state index contributed by atoms with van der Waals surface area (Å²) in [7, 11) is 0. The quantitative estimate of drug-likeness (QED) is 0.161. The number of benzene rings is 1. The molecule has 3 N–H and O–H groups in total. The highest BCUT2D eigenvalue weighted by atomic mass is 16.1. The molecular formula is C31H39N5O. The summed E-state index contributed by atoms with van der Waals surface area (Å²) in [6.45, 7) is 10.7. The van der Waals surface area contributed by atoms with Gasteiger partial charge < -0.3 is 10.2 Å². The van der Waals surface area contributed by atoms with E-state index in [1.54, 1.807) is 11.2 Å². The molecule has 4 rings (SSSR count). The molecule has 6 nitrogen and oxygen atoms in total. The van der Waals surface area contributed by atoms with E-state index in [2.05, 4.69) is 66.1 Å². The molecule has 0 aromatic heterocycles. The number of rotatable bonds is 9. The van der Waals surface area contributed by atoms with E-state index >= 15 is 0 Å². The first-order valence-corrected chi connectivity index (χ1v) is 13.1. The van der Waals surface area contributed by atoms with E-state index in [9.17, 15) is 4.79 Å². The lowest BCUT2D eigenvalue weighted by atomic mass is 9.76. The van der Waals surface area contributed by atoms with Crippen molar-refractivity contribution in [3.05, 3.63) is 95.8 Å². The van der Waals surface area contributed by atoms with Crippen molar-refractivity contribution < 1.29 is 4.79 Å². The van der Waals surface area contributed by atoms with Gasteiger partial charge in [-0.3, -0.25) is 14.9 Å². The lowest BCUT2D eigenvalue weighted by Gasteiger charge is -2.40. The van der Waals surface area contributed by atoms with Gasteiger partial charge in [-0.05, 0) is 63.4 Å². The largest absolute Gasteiger partial charge is 0.312 e. The van der Waals surface area contributed by atoms with Gasteiger partial charge in [0.1, 0.15) is 12.5 Å². The lowest BCUT2D eigenvalue weighted by molar-refractivity contribution is -0.112. The Bertz CT molecular complexity index is 1150. The summed E-state index contributed by atoms with van der Waals surface area (Å²) in [5.41, 5.74) is 4.59. The fraction of sp³-hybridized carbons (Fsp3) is 0.387. The van der Waals surface area contributed by atoms with Crippen molar-refractivity contribution in [1.29, 1.82) is 5.41 Å². The molecule has 3 aliphatic rings. The zero-order valence-corrected chi connectivity index (χ0v) is 22.0. The highest BCUT2D eigenvalue weighted by Gasteiger charge is 2.39. The molecule has 1 saturated heterocycles. The molecule has 1 aromatic rings. The Hall–Kier alpha value is -3.35. The van der Waals surface area contributed by atoms with Gasteiger partial charge in [0, 0.05) is 36.4 Å². The molecule has 0 spiro atoms. The van der Waals surface area contributed by atoms with Crippen molar-refractivity contribution in [2.24, 2.45) is 28.1 Å². The van der Waals surface area contributed by atoms with Crippen molar-refractivity contribution in [3.63, 3.8) is 0 Å². The van der Waals surface area contributed by atoms with Crippen LogP contribution in [0.4, 0.5) is 0 Å². The van der Waals surface area contributed by atoms with Crippen molar-refractivity contribution in [1.82, 2.24) is 9.91 Å². The summed E-state index contributed by atoms with van der Waals surface area (Å²) >= 11 is 0. The summed E-state index contributed by atoms with van der Waals surface area (Å²) in [5.74, 6) is 6.88. The molecule has 0 bridgehead atoms. The normalized spacial score (nSPS) is 26.6. The molecule has 2 heterocycles. The number of aliphatic imine (C=N–C) groups is 1. The number of carbonyl (C=O) groups excluding carboxylic acids is 1. The van der Waals surface area contributed by atoms with Crippen molar-refractivity contribution in [2.45, 2.75) is 45.8 Å². The van der Waals surface area contributed by atoms with E-state index in [4.69, 9.17) is 16.2 Å². The molecule has 194 valence electrons. The number of dihydropyridines is 1. The van der Waals surface area contributed by atoms with Gasteiger partial charge in [0.2, 0.25) is 0 Å². The van der Waals surface area contributed by atoms with Gasteiger partial charge in [0.05, 0.1) is 11.1 Å². The highest BCUT2D eigenvalue weighted by molar-refractivity contribution is 6.14. The number of carbonyl (C=O) groups is 1. The van der Waals surface area contributed by atoms with Crippen LogP contribution in [0, 0.1) is 22.7 Å². The Morgan fingerprint density at radius 1 is 1.27 bits per heavy atom. The van der Waals surface area contributed by atoms with Gasteiger partial charge in [0.25, 0.3) is 0 Å². The van der Waals surface area contributed by atoms with Crippen LogP contribution in [-0.4, -0.2) is 47.4 Å². The van der Waals surface area contributed by atoms with Gasteiger partial charge in [-0.2, -0.15) is 0 Å². The molecule has 0 saturated carbocycles. The van der Waals surface area contributed by atoms with Crippen LogP contribution in [0.15, 0.2) is 89.6 Å². The van der Waals surface area contributed by atoms with E-state index in [1.165, 1.54) is 11.8 Å². The Morgan fingerprint density at radius 3 is 2.59 bits per heavy atom. The van der Waals surface area contributed by atoms with E-state index < -0.39 is 11.6 Å². The zero-order chi connectivity index (χ0) is 26.4. The molecule has 3 unspecified atom stereocenters. The van der Waals surface area contributed by atoms with Gasteiger partial charge in [-0.1, -0.05) is 66.8 Å². The van der Waals surface area contributed by atoms with Crippen LogP contribution in [0.25, 0.3) is 0 Å². The predicted octanol–water partition coefficient (Wildman–Crippen LogP) is 5.21. The fourth-order valence-electron chi connectivity index (χ4n) is 5.22. The van der Waals surface area contributed by atoms with Crippen LogP contribution in [0.1, 0.15) is 44.2 Å². The number of allylic oxidation sites excluding steroid dienone is 7. The molecule has 1 aromatic carbocycles. The molecule has 2 aliphatic heterocycles. The van der Waals surface area contributed by atoms with Crippen LogP contribution in [0.3, 0.4) is 0 Å². The zero-order valence-electron chi connectivity index (χ0n) is 22.0. The van der Waals surface area contributed by atoms with Crippen LogP contribution in [0.2, 0.25) is 0 Å². The number of aldehydes is 1. The standard InChI is InChI=1S/C31H39N5O/c1-23(2)13-18-36(33)30-31(3,22-32)19-28(26-7-5-4-6-8-26)29(34-30)27-11-9-24(10-12-27)20-35-16-14-25(21-37)15-17-35/h4-7,9-13,18-19,21-22,25-26,30,32H,1,8,14-17,20,33H2,2-3H3/b18-13-,32-22?. The van der Waals surface area contributed by atoms with E-state index in [-0.39, 0.29) is 11.8 Å². The first-order valence-electron chi connectivity index (χ1n) is 13.1.